The molecule has 0 fully saturated rings. The van der Waals surface area contributed by atoms with Gasteiger partial charge in [0.05, 0.1) is 0 Å². The standard InChI is InChI=1S/C8H12O4/c1-7(4-2-3-5-9)8(11)12-6-10/h4,6,9H,2-3,5H2,1H3. The van der Waals surface area contributed by atoms with Crippen molar-refractivity contribution in [3.63, 3.8) is 0 Å². The normalized spacial score (nSPS) is 11.0. The maximum absolute atomic E-state index is 10.8. The molecule has 0 aliphatic heterocycles. The van der Waals surface area contributed by atoms with E-state index >= 15 is 0 Å². The first-order valence-corrected chi connectivity index (χ1v) is 3.64. The van der Waals surface area contributed by atoms with Gasteiger partial charge in [0, 0.05) is 12.2 Å². The number of aliphatic hydroxyl groups excluding tert-OH is 1. The Labute approximate surface area is 70.8 Å². The van der Waals surface area contributed by atoms with Crippen molar-refractivity contribution in [1.29, 1.82) is 0 Å². The van der Waals surface area contributed by atoms with Crippen LogP contribution < -0.4 is 0 Å². The van der Waals surface area contributed by atoms with E-state index in [2.05, 4.69) is 4.74 Å². The number of unbranched alkanes of at least 4 members (excludes halogenated alkanes) is 1. The van der Waals surface area contributed by atoms with Crippen LogP contribution in [-0.4, -0.2) is 24.2 Å². The van der Waals surface area contributed by atoms with Crippen molar-refractivity contribution in [3.8, 4) is 0 Å². The monoisotopic (exact) mass is 172 g/mol. The average molecular weight is 172 g/mol. The molecule has 0 aromatic rings. The van der Waals surface area contributed by atoms with Crippen LogP contribution >= 0.6 is 0 Å². The summed E-state index contributed by atoms with van der Waals surface area (Å²) in [7, 11) is 0. The van der Waals surface area contributed by atoms with Crippen LogP contribution in [0.5, 0.6) is 0 Å². The molecule has 0 aliphatic carbocycles. The fraction of sp³-hybridized carbons (Fsp3) is 0.500. The van der Waals surface area contributed by atoms with E-state index in [1.54, 1.807) is 13.0 Å². The van der Waals surface area contributed by atoms with Crippen molar-refractivity contribution in [3.05, 3.63) is 11.6 Å². The van der Waals surface area contributed by atoms with Crippen LogP contribution in [0.25, 0.3) is 0 Å². The number of hydrogen-bond donors (Lipinski definition) is 1. The molecule has 0 saturated carbocycles. The Morgan fingerprint density at radius 1 is 1.58 bits per heavy atom. The molecule has 4 nitrogen and oxygen atoms in total. The lowest BCUT2D eigenvalue weighted by molar-refractivity contribution is -0.148. The van der Waals surface area contributed by atoms with Gasteiger partial charge in [-0.05, 0) is 19.8 Å². The number of carbonyl (C=O) groups excluding carboxylic acids is 2. The van der Waals surface area contributed by atoms with Crippen molar-refractivity contribution < 1.29 is 19.4 Å². The molecule has 0 rings (SSSR count). The molecule has 68 valence electrons. The largest absolute Gasteiger partial charge is 0.396 e. The SMILES string of the molecule is CC(=CCCCO)C(=O)OC=O. The summed E-state index contributed by atoms with van der Waals surface area (Å²) in [5, 5.41) is 8.42. The molecule has 0 spiro atoms. The number of allylic oxidation sites excluding steroid dienone is 1. The van der Waals surface area contributed by atoms with Gasteiger partial charge in [0.2, 0.25) is 0 Å². The average Bonchev–Trinajstić information content (AvgIpc) is 2.05. The molecule has 0 radical (unpaired) electrons. The van der Waals surface area contributed by atoms with Gasteiger partial charge >= 0.3 is 12.4 Å². The maximum atomic E-state index is 10.8. The molecule has 0 bridgehead atoms. The van der Waals surface area contributed by atoms with Crippen molar-refractivity contribution in [2.24, 2.45) is 0 Å². The summed E-state index contributed by atoms with van der Waals surface area (Å²) in [6.45, 7) is 1.75. The van der Waals surface area contributed by atoms with Gasteiger partial charge in [0.15, 0.2) is 0 Å². The summed E-state index contributed by atoms with van der Waals surface area (Å²) in [4.78, 5) is 20.5. The van der Waals surface area contributed by atoms with Gasteiger partial charge in [-0.15, -0.1) is 0 Å². The molecule has 0 aromatic carbocycles. The molecule has 0 unspecified atom stereocenters. The van der Waals surface area contributed by atoms with Crippen LogP contribution in [0.15, 0.2) is 11.6 Å². The molecule has 0 heterocycles. The van der Waals surface area contributed by atoms with Crippen LogP contribution in [0.2, 0.25) is 0 Å². The van der Waals surface area contributed by atoms with Gasteiger partial charge in [-0.1, -0.05) is 6.08 Å². The highest BCUT2D eigenvalue weighted by atomic mass is 16.6. The fourth-order valence-corrected chi connectivity index (χ4v) is 0.630. The highest BCUT2D eigenvalue weighted by Crippen LogP contribution is 1.99. The van der Waals surface area contributed by atoms with Crippen LogP contribution in [0.3, 0.4) is 0 Å². The quantitative estimate of drug-likeness (QED) is 0.214. The Morgan fingerprint density at radius 3 is 2.75 bits per heavy atom. The number of aliphatic hydroxyl groups is 1. The Kier molecular flexibility index (Phi) is 5.91. The Balaban J connectivity index is 3.81. The zero-order valence-electron chi connectivity index (χ0n) is 6.95. The number of rotatable bonds is 5. The summed E-state index contributed by atoms with van der Waals surface area (Å²) in [6, 6.07) is 0. The molecule has 0 amide bonds. The number of esters is 1. The zero-order valence-corrected chi connectivity index (χ0v) is 6.95. The van der Waals surface area contributed by atoms with Crippen molar-refractivity contribution in [1.82, 2.24) is 0 Å². The van der Waals surface area contributed by atoms with Crippen LogP contribution in [-0.2, 0) is 14.3 Å². The number of carbonyl (C=O) groups is 2. The molecule has 12 heavy (non-hydrogen) atoms. The summed E-state index contributed by atoms with van der Waals surface area (Å²) < 4.78 is 4.08. The third-order valence-electron chi connectivity index (χ3n) is 1.29. The summed E-state index contributed by atoms with van der Waals surface area (Å²) in [5.74, 6) is -0.636. The summed E-state index contributed by atoms with van der Waals surface area (Å²) in [6.07, 6.45) is 2.84. The molecular formula is C8H12O4. The highest BCUT2D eigenvalue weighted by molar-refractivity contribution is 5.91. The highest BCUT2D eigenvalue weighted by Gasteiger charge is 2.02. The van der Waals surface area contributed by atoms with Crippen LogP contribution in [0.1, 0.15) is 19.8 Å². The fourth-order valence-electron chi connectivity index (χ4n) is 0.630. The Hall–Kier alpha value is -1.16. The van der Waals surface area contributed by atoms with Gasteiger partial charge in [-0.25, -0.2) is 4.79 Å². The maximum Gasteiger partial charge on any atom is 0.340 e. The van der Waals surface area contributed by atoms with E-state index in [0.717, 1.165) is 0 Å². The van der Waals surface area contributed by atoms with Crippen molar-refractivity contribution in [2.75, 3.05) is 6.61 Å². The second-order valence-electron chi connectivity index (χ2n) is 2.25. The third kappa shape index (κ3) is 4.62. The summed E-state index contributed by atoms with van der Waals surface area (Å²) >= 11 is 0. The second kappa shape index (κ2) is 6.54. The zero-order chi connectivity index (χ0) is 9.40. The minimum Gasteiger partial charge on any atom is -0.396 e. The molecular weight excluding hydrogens is 160 g/mol. The van der Waals surface area contributed by atoms with Crippen molar-refractivity contribution in [2.45, 2.75) is 19.8 Å². The minimum atomic E-state index is -0.636. The van der Waals surface area contributed by atoms with E-state index in [0.29, 0.717) is 18.4 Å². The first-order valence-electron chi connectivity index (χ1n) is 3.64. The Morgan fingerprint density at radius 2 is 2.25 bits per heavy atom. The molecule has 0 aliphatic rings. The predicted octanol–water partition coefficient (Wildman–Crippen LogP) is 0.405. The number of hydrogen-bond acceptors (Lipinski definition) is 4. The smallest absolute Gasteiger partial charge is 0.340 e. The minimum absolute atomic E-state index is 0.0898. The van der Waals surface area contributed by atoms with Crippen molar-refractivity contribution >= 4 is 12.4 Å². The van der Waals surface area contributed by atoms with Gasteiger partial charge in [-0.2, -0.15) is 0 Å². The first-order chi connectivity index (χ1) is 5.72. The summed E-state index contributed by atoms with van der Waals surface area (Å²) in [5.41, 5.74) is 0.385. The van der Waals surface area contributed by atoms with Gasteiger partial charge in [0.25, 0.3) is 0 Å². The first kappa shape index (κ1) is 10.8. The second-order valence-corrected chi connectivity index (χ2v) is 2.25. The van der Waals surface area contributed by atoms with E-state index in [4.69, 9.17) is 5.11 Å². The van der Waals surface area contributed by atoms with E-state index in [-0.39, 0.29) is 13.1 Å². The predicted molar refractivity (Wildman–Crippen MR) is 42.2 cm³/mol. The van der Waals surface area contributed by atoms with E-state index in [9.17, 15) is 9.59 Å². The van der Waals surface area contributed by atoms with E-state index in [1.165, 1.54) is 0 Å². The van der Waals surface area contributed by atoms with Crippen LogP contribution in [0, 0.1) is 0 Å². The van der Waals surface area contributed by atoms with Crippen LogP contribution in [0.4, 0.5) is 0 Å². The van der Waals surface area contributed by atoms with E-state index < -0.39 is 5.97 Å². The lowest BCUT2D eigenvalue weighted by atomic mass is 10.2. The Bertz CT molecular complexity index is 183. The molecule has 1 N–H and O–H groups in total. The van der Waals surface area contributed by atoms with Gasteiger partial charge < -0.3 is 9.84 Å². The molecule has 0 saturated heterocycles. The van der Waals surface area contributed by atoms with E-state index in [1.807, 2.05) is 0 Å². The number of ether oxygens (including phenoxy) is 1. The molecule has 0 atom stereocenters. The molecule has 4 heteroatoms. The topological polar surface area (TPSA) is 63.6 Å². The lowest BCUT2D eigenvalue weighted by Crippen LogP contribution is -2.03. The molecule has 0 aromatic heterocycles. The third-order valence-corrected chi connectivity index (χ3v) is 1.29. The van der Waals surface area contributed by atoms with Gasteiger partial charge in [0.1, 0.15) is 0 Å². The lowest BCUT2D eigenvalue weighted by Gasteiger charge is -1.96. The van der Waals surface area contributed by atoms with Gasteiger partial charge in [-0.3, -0.25) is 4.79 Å².